The number of aryl methyl sites for hydroxylation is 2. The van der Waals surface area contributed by atoms with Gasteiger partial charge in [-0.15, -0.1) is 0 Å². The minimum Gasteiger partial charge on any atom is -0.219 e. The molecule has 102 valence electrons. The summed E-state index contributed by atoms with van der Waals surface area (Å²) in [6.07, 6.45) is 5.56. The Labute approximate surface area is 115 Å². The molecule has 0 spiro atoms. The van der Waals surface area contributed by atoms with Crippen molar-refractivity contribution in [2.75, 3.05) is 0 Å². The largest absolute Gasteiger partial charge is 0.219 e. The molecule has 2 nitrogen and oxygen atoms in total. The van der Waals surface area contributed by atoms with Crippen LogP contribution in [0.2, 0.25) is 0 Å². The summed E-state index contributed by atoms with van der Waals surface area (Å²) in [5.41, 5.74) is 2.11. The van der Waals surface area contributed by atoms with E-state index in [2.05, 4.69) is 6.92 Å². The lowest BCUT2D eigenvalue weighted by molar-refractivity contribution is 0.548. The van der Waals surface area contributed by atoms with Crippen LogP contribution in [0.1, 0.15) is 25.0 Å². The van der Waals surface area contributed by atoms with Crippen LogP contribution in [0.25, 0.3) is 0 Å². The molecule has 1 aliphatic rings. The average molecular weight is 276 g/mol. The zero-order valence-corrected chi connectivity index (χ0v) is 12.7. The number of hydrogen-bond donors (Lipinski definition) is 0. The van der Waals surface area contributed by atoms with E-state index in [1.54, 1.807) is 18.2 Å². The maximum Gasteiger partial charge on any atom is 0.206 e. The molecule has 0 aromatic heterocycles. The molecule has 0 amide bonds. The molecule has 0 saturated carbocycles. The molecule has 0 radical (unpaired) electrons. The summed E-state index contributed by atoms with van der Waals surface area (Å²) < 4.78 is 25.2. The van der Waals surface area contributed by atoms with Crippen LogP contribution >= 0.6 is 0 Å². The molecule has 0 N–H and O–H groups in total. The molecule has 0 aliphatic heterocycles. The first-order chi connectivity index (χ1) is 8.82. The molecule has 2 unspecified atom stereocenters. The predicted octanol–water partition coefficient (Wildman–Crippen LogP) is 3.80. The van der Waals surface area contributed by atoms with E-state index in [1.165, 1.54) is 0 Å². The van der Waals surface area contributed by atoms with E-state index in [9.17, 15) is 8.42 Å². The van der Waals surface area contributed by atoms with Crippen LogP contribution in [0.3, 0.4) is 0 Å². The van der Waals surface area contributed by atoms with E-state index < -0.39 is 9.84 Å². The van der Waals surface area contributed by atoms with Gasteiger partial charge in [0.1, 0.15) is 0 Å². The smallest absolute Gasteiger partial charge is 0.206 e. The minimum absolute atomic E-state index is 0.251. The van der Waals surface area contributed by atoms with Gasteiger partial charge in [0.25, 0.3) is 0 Å². The Morgan fingerprint density at radius 3 is 2.26 bits per heavy atom. The van der Waals surface area contributed by atoms with E-state index in [4.69, 9.17) is 0 Å². The second kappa shape index (κ2) is 4.97. The number of sulfone groups is 1. The standard InChI is InChI=1S/C16H20O2S/c1-11-5-7-15(9-13(11)3)19(17,18)16-8-6-12(2)14(4)10-16/h5-11,13H,1-4H3. The Morgan fingerprint density at radius 2 is 1.68 bits per heavy atom. The second-order valence-electron chi connectivity index (χ2n) is 5.40. The van der Waals surface area contributed by atoms with Crippen molar-refractivity contribution < 1.29 is 8.42 Å². The van der Waals surface area contributed by atoms with Gasteiger partial charge in [-0.05, 0) is 55.0 Å². The molecule has 1 aliphatic carbocycles. The molecule has 0 fully saturated rings. The third-order valence-electron chi connectivity index (χ3n) is 3.92. The fourth-order valence-electron chi connectivity index (χ4n) is 2.08. The zero-order valence-electron chi connectivity index (χ0n) is 11.8. The van der Waals surface area contributed by atoms with Crippen molar-refractivity contribution in [1.29, 1.82) is 0 Å². The van der Waals surface area contributed by atoms with Gasteiger partial charge in [-0.2, -0.15) is 0 Å². The van der Waals surface area contributed by atoms with Gasteiger partial charge in [0.15, 0.2) is 0 Å². The summed E-state index contributed by atoms with van der Waals surface area (Å²) in [5, 5.41) is 0. The first-order valence-electron chi connectivity index (χ1n) is 6.54. The van der Waals surface area contributed by atoms with Gasteiger partial charge < -0.3 is 0 Å². The van der Waals surface area contributed by atoms with Crippen LogP contribution in [0.15, 0.2) is 46.2 Å². The highest BCUT2D eigenvalue weighted by molar-refractivity contribution is 7.95. The summed E-state index contributed by atoms with van der Waals surface area (Å²) >= 11 is 0. The molecule has 0 bridgehead atoms. The molecule has 0 saturated heterocycles. The summed E-state index contributed by atoms with van der Waals surface area (Å²) in [4.78, 5) is 0.801. The molecule has 1 aromatic rings. The van der Waals surface area contributed by atoms with Gasteiger partial charge in [-0.25, -0.2) is 8.42 Å². The van der Waals surface area contributed by atoms with Crippen LogP contribution in [0, 0.1) is 25.7 Å². The summed E-state index contributed by atoms with van der Waals surface area (Å²) in [6.45, 7) is 8.06. The fraction of sp³-hybridized carbons (Fsp3) is 0.375. The molecular weight excluding hydrogens is 256 g/mol. The number of allylic oxidation sites excluding steroid dienone is 3. The van der Waals surface area contributed by atoms with Gasteiger partial charge >= 0.3 is 0 Å². The van der Waals surface area contributed by atoms with Crippen molar-refractivity contribution in [3.8, 4) is 0 Å². The average Bonchev–Trinajstić information content (AvgIpc) is 2.35. The minimum atomic E-state index is -3.38. The molecule has 2 rings (SSSR count). The Hall–Kier alpha value is -1.35. The number of hydrogen-bond acceptors (Lipinski definition) is 2. The molecule has 1 aromatic carbocycles. The van der Waals surface area contributed by atoms with Gasteiger partial charge in [0.2, 0.25) is 9.84 Å². The second-order valence-corrected chi connectivity index (χ2v) is 7.35. The normalized spacial score (nSPS) is 23.3. The van der Waals surface area contributed by atoms with Crippen LogP contribution in [0.5, 0.6) is 0 Å². The number of benzene rings is 1. The Morgan fingerprint density at radius 1 is 1.00 bits per heavy atom. The van der Waals surface area contributed by atoms with Crippen molar-refractivity contribution in [2.24, 2.45) is 11.8 Å². The lowest BCUT2D eigenvalue weighted by Crippen LogP contribution is -2.12. The van der Waals surface area contributed by atoms with Crippen LogP contribution in [-0.4, -0.2) is 8.42 Å². The lowest BCUT2D eigenvalue weighted by Gasteiger charge is -2.19. The Balaban J connectivity index is 2.46. The van der Waals surface area contributed by atoms with Gasteiger partial charge in [0.05, 0.1) is 9.80 Å². The summed E-state index contributed by atoms with van der Waals surface area (Å²) in [5.74, 6) is 0.639. The van der Waals surface area contributed by atoms with Gasteiger partial charge in [-0.3, -0.25) is 0 Å². The fourth-order valence-corrected chi connectivity index (χ4v) is 3.59. The van der Waals surface area contributed by atoms with E-state index in [0.717, 1.165) is 11.1 Å². The SMILES string of the molecule is Cc1ccc(S(=O)(=O)C2=CC(C)C(C)C=C2)cc1C. The maximum absolute atomic E-state index is 12.6. The summed E-state index contributed by atoms with van der Waals surface area (Å²) in [7, 11) is -3.38. The first kappa shape index (κ1) is 14.1. The lowest BCUT2D eigenvalue weighted by atomic mass is 9.92. The highest BCUT2D eigenvalue weighted by atomic mass is 32.2. The molecule has 3 heteroatoms. The van der Waals surface area contributed by atoms with Crippen molar-refractivity contribution in [3.05, 3.63) is 52.5 Å². The van der Waals surface area contributed by atoms with Crippen LogP contribution in [-0.2, 0) is 9.84 Å². The van der Waals surface area contributed by atoms with Gasteiger partial charge in [-0.1, -0.05) is 32.1 Å². The Kier molecular flexibility index (Phi) is 3.68. The van der Waals surface area contributed by atoms with Crippen molar-refractivity contribution >= 4 is 9.84 Å². The highest BCUT2D eigenvalue weighted by Gasteiger charge is 2.23. The van der Waals surface area contributed by atoms with Crippen LogP contribution < -0.4 is 0 Å². The van der Waals surface area contributed by atoms with E-state index >= 15 is 0 Å². The van der Waals surface area contributed by atoms with Crippen LogP contribution in [0.4, 0.5) is 0 Å². The van der Waals surface area contributed by atoms with E-state index in [1.807, 2.05) is 39.0 Å². The quantitative estimate of drug-likeness (QED) is 0.823. The molecule has 2 atom stereocenters. The van der Waals surface area contributed by atoms with Crippen molar-refractivity contribution in [1.82, 2.24) is 0 Å². The van der Waals surface area contributed by atoms with Crippen molar-refractivity contribution in [3.63, 3.8) is 0 Å². The highest BCUT2D eigenvalue weighted by Crippen LogP contribution is 2.29. The topological polar surface area (TPSA) is 34.1 Å². The van der Waals surface area contributed by atoms with Crippen molar-refractivity contribution in [2.45, 2.75) is 32.6 Å². The predicted molar refractivity (Wildman–Crippen MR) is 78.7 cm³/mol. The van der Waals surface area contributed by atoms with E-state index in [0.29, 0.717) is 15.7 Å². The Bertz CT molecular complexity index is 651. The summed E-state index contributed by atoms with van der Waals surface area (Å²) in [6, 6.07) is 5.30. The zero-order chi connectivity index (χ0) is 14.2. The molecule has 0 heterocycles. The third kappa shape index (κ3) is 2.66. The third-order valence-corrected chi connectivity index (χ3v) is 5.69. The monoisotopic (exact) mass is 276 g/mol. The first-order valence-corrected chi connectivity index (χ1v) is 8.03. The maximum atomic E-state index is 12.6. The molecule has 19 heavy (non-hydrogen) atoms. The van der Waals surface area contributed by atoms with E-state index in [-0.39, 0.29) is 5.92 Å². The number of rotatable bonds is 2. The van der Waals surface area contributed by atoms with Gasteiger partial charge in [0, 0.05) is 0 Å². The molecular formula is C16H20O2S.